The number of carbonyl (C=O) groups excluding carboxylic acids is 1. The van der Waals surface area contributed by atoms with Crippen LogP contribution in [-0.4, -0.2) is 19.0 Å². The Morgan fingerprint density at radius 2 is 1.86 bits per heavy atom. The summed E-state index contributed by atoms with van der Waals surface area (Å²) in [6, 6.07) is 11.7. The van der Waals surface area contributed by atoms with Gasteiger partial charge in [-0.15, -0.1) is 0 Å². The van der Waals surface area contributed by atoms with Crippen LogP contribution in [0.5, 0.6) is 0 Å². The molecule has 5 heteroatoms. The van der Waals surface area contributed by atoms with E-state index in [2.05, 4.69) is 16.0 Å². The van der Waals surface area contributed by atoms with Crippen LogP contribution in [-0.2, 0) is 6.54 Å². The topological polar surface area (TPSA) is 53.2 Å². The predicted molar refractivity (Wildman–Crippen MR) is 81.0 cm³/mol. The lowest BCUT2D eigenvalue weighted by molar-refractivity contribution is 0.0951. The monoisotopic (exact) mass is 285 g/mol. The normalized spacial score (nSPS) is 12.8. The largest absolute Gasteiger partial charge is 0.382 e. The molecule has 1 aliphatic heterocycles. The number of fused-ring (bicyclic) bond motifs is 1. The molecule has 0 radical (unpaired) electrons. The highest BCUT2D eigenvalue weighted by Gasteiger charge is 2.16. The molecule has 2 aromatic rings. The average Bonchev–Trinajstić information content (AvgIpc) is 2.53. The summed E-state index contributed by atoms with van der Waals surface area (Å²) in [4.78, 5) is 12.3. The summed E-state index contributed by atoms with van der Waals surface area (Å²) >= 11 is 0. The van der Waals surface area contributed by atoms with Crippen LogP contribution in [0.15, 0.2) is 42.5 Å². The van der Waals surface area contributed by atoms with Crippen molar-refractivity contribution in [2.24, 2.45) is 0 Å². The van der Waals surface area contributed by atoms with Crippen LogP contribution >= 0.6 is 0 Å². The summed E-state index contributed by atoms with van der Waals surface area (Å²) in [5.41, 5.74) is 3.25. The minimum absolute atomic E-state index is 0.146. The highest BCUT2D eigenvalue weighted by Crippen LogP contribution is 2.28. The Labute approximate surface area is 122 Å². The van der Waals surface area contributed by atoms with Crippen molar-refractivity contribution >= 4 is 17.3 Å². The molecule has 3 N–H and O–H groups in total. The van der Waals surface area contributed by atoms with Gasteiger partial charge in [0, 0.05) is 19.6 Å². The second-order valence-corrected chi connectivity index (χ2v) is 4.89. The van der Waals surface area contributed by atoms with Crippen molar-refractivity contribution in [1.82, 2.24) is 5.32 Å². The molecule has 21 heavy (non-hydrogen) atoms. The molecule has 4 nitrogen and oxygen atoms in total. The van der Waals surface area contributed by atoms with Crippen molar-refractivity contribution in [3.8, 4) is 0 Å². The highest BCUT2D eigenvalue weighted by molar-refractivity contribution is 6.02. The number of rotatable bonds is 3. The molecule has 1 amide bonds. The van der Waals surface area contributed by atoms with Gasteiger partial charge in [0.2, 0.25) is 0 Å². The van der Waals surface area contributed by atoms with Crippen LogP contribution in [0.3, 0.4) is 0 Å². The molecule has 0 spiro atoms. The van der Waals surface area contributed by atoms with E-state index in [0.29, 0.717) is 12.1 Å². The smallest absolute Gasteiger partial charge is 0.253 e. The molecule has 0 atom stereocenters. The summed E-state index contributed by atoms with van der Waals surface area (Å²) in [5, 5.41) is 9.35. The lowest BCUT2D eigenvalue weighted by Crippen LogP contribution is -2.27. The first kappa shape index (κ1) is 13.4. The fourth-order valence-electron chi connectivity index (χ4n) is 2.34. The first-order valence-corrected chi connectivity index (χ1v) is 6.87. The second kappa shape index (κ2) is 5.83. The van der Waals surface area contributed by atoms with Crippen LogP contribution in [0.25, 0.3) is 0 Å². The third-order valence-corrected chi connectivity index (χ3v) is 3.42. The second-order valence-electron chi connectivity index (χ2n) is 4.89. The van der Waals surface area contributed by atoms with Crippen molar-refractivity contribution in [3.63, 3.8) is 0 Å². The molecule has 1 aliphatic rings. The van der Waals surface area contributed by atoms with Crippen LogP contribution in [0.1, 0.15) is 15.9 Å². The van der Waals surface area contributed by atoms with Gasteiger partial charge in [0.05, 0.1) is 16.9 Å². The Balaban J connectivity index is 1.72. The molecule has 0 saturated carbocycles. The summed E-state index contributed by atoms with van der Waals surface area (Å²) < 4.78 is 12.8. The molecule has 0 aliphatic carbocycles. The van der Waals surface area contributed by atoms with Gasteiger partial charge in [0.1, 0.15) is 5.82 Å². The van der Waals surface area contributed by atoms with Crippen molar-refractivity contribution < 1.29 is 9.18 Å². The van der Waals surface area contributed by atoms with Crippen LogP contribution < -0.4 is 16.0 Å². The molecule has 108 valence electrons. The van der Waals surface area contributed by atoms with E-state index < -0.39 is 0 Å². The average molecular weight is 285 g/mol. The number of halogens is 1. The quantitative estimate of drug-likeness (QED) is 0.812. The van der Waals surface area contributed by atoms with E-state index in [-0.39, 0.29) is 11.7 Å². The fraction of sp³-hybridized carbons (Fsp3) is 0.188. The SMILES string of the molecule is O=C(NCc1ccc(F)cc1)c1cccc2c1NCCN2. The molecule has 0 bridgehead atoms. The van der Waals surface area contributed by atoms with Gasteiger partial charge >= 0.3 is 0 Å². The Morgan fingerprint density at radius 1 is 1.10 bits per heavy atom. The van der Waals surface area contributed by atoms with Gasteiger partial charge in [-0.1, -0.05) is 18.2 Å². The summed E-state index contributed by atoms with van der Waals surface area (Å²) in [6.45, 7) is 2.00. The van der Waals surface area contributed by atoms with Gasteiger partial charge in [-0.2, -0.15) is 0 Å². The number of amides is 1. The number of nitrogens with one attached hydrogen (secondary N) is 3. The summed E-state index contributed by atoms with van der Waals surface area (Å²) in [7, 11) is 0. The van der Waals surface area contributed by atoms with Crippen molar-refractivity contribution in [3.05, 3.63) is 59.4 Å². The van der Waals surface area contributed by atoms with E-state index >= 15 is 0 Å². The standard InChI is InChI=1S/C16H16FN3O/c17-12-6-4-11(5-7-12)10-20-16(21)13-2-1-3-14-15(13)19-9-8-18-14/h1-7,18-19H,8-10H2,(H,20,21). The first-order valence-electron chi connectivity index (χ1n) is 6.87. The Morgan fingerprint density at radius 3 is 2.67 bits per heavy atom. The van der Waals surface area contributed by atoms with Gasteiger partial charge in [0.25, 0.3) is 5.91 Å². The molecule has 3 rings (SSSR count). The lowest BCUT2D eigenvalue weighted by Gasteiger charge is -2.22. The van der Waals surface area contributed by atoms with Crippen molar-refractivity contribution in [1.29, 1.82) is 0 Å². The van der Waals surface area contributed by atoms with Crippen LogP contribution in [0.2, 0.25) is 0 Å². The maximum atomic E-state index is 12.8. The zero-order valence-corrected chi connectivity index (χ0v) is 11.4. The molecule has 0 aromatic heterocycles. The number of hydrogen-bond donors (Lipinski definition) is 3. The zero-order chi connectivity index (χ0) is 14.7. The van der Waals surface area contributed by atoms with E-state index in [1.807, 2.05) is 12.1 Å². The van der Waals surface area contributed by atoms with Crippen molar-refractivity contribution in [2.45, 2.75) is 6.54 Å². The predicted octanol–water partition coefficient (Wildman–Crippen LogP) is 2.59. The third-order valence-electron chi connectivity index (χ3n) is 3.42. The maximum Gasteiger partial charge on any atom is 0.253 e. The first-order chi connectivity index (χ1) is 10.2. The number of anilines is 2. The number of benzene rings is 2. The third kappa shape index (κ3) is 2.97. The molecule has 0 saturated heterocycles. The van der Waals surface area contributed by atoms with E-state index in [4.69, 9.17) is 0 Å². The molecule has 0 unspecified atom stereocenters. The molecule has 0 fully saturated rings. The van der Waals surface area contributed by atoms with Crippen LogP contribution in [0, 0.1) is 5.82 Å². The Hall–Kier alpha value is -2.56. The van der Waals surface area contributed by atoms with Gasteiger partial charge in [-0.05, 0) is 29.8 Å². The zero-order valence-electron chi connectivity index (χ0n) is 11.4. The summed E-state index contributed by atoms with van der Waals surface area (Å²) in [6.07, 6.45) is 0. The van der Waals surface area contributed by atoms with Gasteiger partial charge in [0.15, 0.2) is 0 Å². The van der Waals surface area contributed by atoms with Crippen LogP contribution in [0.4, 0.5) is 15.8 Å². The Bertz CT molecular complexity index is 655. The van der Waals surface area contributed by atoms with Gasteiger partial charge in [-0.25, -0.2) is 4.39 Å². The fourth-order valence-corrected chi connectivity index (χ4v) is 2.34. The number of carbonyl (C=O) groups is 1. The molecular weight excluding hydrogens is 269 g/mol. The van der Waals surface area contributed by atoms with E-state index in [9.17, 15) is 9.18 Å². The number of para-hydroxylation sites is 1. The lowest BCUT2D eigenvalue weighted by atomic mass is 10.1. The number of hydrogen-bond acceptors (Lipinski definition) is 3. The van der Waals surface area contributed by atoms with E-state index in [1.54, 1.807) is 18.2 Å². The highest BCUT2D eigenvalue weighted by atomic mass is 19.1. The molecule has 1 heterocycles. The molecule has 2 aromatic carbocycles. The molecular formula is C16H16FN3O. The van der Waals surface area contributed by atoms with E-state index in [1.165, 1.54) is 12.1 Å². The minimum atomic E-state index is -0.280. The van der Waals surface area contributed by atoms with Crippen molar-refractivity contribution in [2.75, 3.05) is 23.7 Å². The van der Waals surface area contributed by atoms with Gasteiger partial charge in [-0.3, -0.25) is 4.79 Å². The Kier molecular flexibility index (Phi) is 3.73. The summed E-state index contributed by atoms with van der Waals surface area (Å²) in [5.74, 6) is -0.426. The van der Waals surface area contributed by atoms with E-state index in [0.717, 1.165) is 30.0 Å². The van der Waals surface area contributed by atoms with Gasteiger partial charge < -0.3 is 16.0 Å². The minimum Gasteiger partial charge on any atom is -0.382 e. The maximum absolute atomic E-state index is 12.8.